The number of ether oxygens (including phenoxy) is 2. The van der Waals surface area contributed by atoms with Crippen molar-refractivity contribution >= 4 is 44.5 Å². The highest BCUT2D eigenvalue weighted by atomic mass is 32.2. The van der Waals surface area contributed by atoms with E-state index in [-0.39, 0.29) is 57.5 Å². The summed E-state index contributed by atoms with van der Waals surface area (Å²) in [4.78, 5) is 77.5. The van der Waals surface area contributed by atoms with Crippen molar-refractivity contribution in [3.05, 3.63) is 58.7 Å². The first-order valence-electron chi connectivity index (χ1n) is 15.6. The fraction of sp³-hybridized carbons (Fsp3) is 0.471. The fourth-order valence-electron chi connectivity index (χ4n) is 6.83. The molecule has 4 aliphatic carbocycles. The van der Waals surface area contributed by atoms with Crippen LogP contribution in [0.25, 0.3) is 0 Å². The lowest BCUT2D eigenvalue weighted by molar-refractivity contribution is -0.128. The minimum Gasteiger partial charge on any atom is -0.370 e. The largest absolute Gasteiger partial charge is 0.370 e. The fourth-order valence-corrected chi connectivity index (χ4v) is 8.14. The van der Waals surface area contributed by atoms with Crippen molar-refractivity contribution in [3.63, 3.8) is 0 Å². The first kappa shape index (κ1) is 31.3. The van der Waals surface area contributed by atoms with Crippen molar-refractivity contribution < 1.29 is 46.7 Å². The predicted octanol–water partition coefficient (Wildman–Crippen LogP) is 4.35. The van der Waals surface area contributed by atoms with Gasteiger partial charge in [0.15, 0.2) is 34.7 Å². The second-order valence-electron chi connectivity index (χ2n) is 12.3. The van der Waals surface area contributed by atoms with Crippen molar-refractivity contribution in [3.8, 4) is 0 Å². The Balaban J connectivity index is 1.18. The monoisotopic (exact) mass is 634 g/mol. The van der Waals surface area contributed by atoms with Crippen LogP contribution in [0.4, 0.5) is 0 Å². The Kier molecular flexibility index (Phi) is 8.78. The molecule has 6 rings (SSSR count). The van der Waals surface area contributed by atoms with Crippen molar-refractivity contribution in [1.82, 2.24) is 0 Å². The zero-order valence-electron chi connectivity index (χ0n) is 24.7. The molecule has 0 N–H and O–H groups in total. The normalized spacial score (nSPS) is 22.5. The SMILES string of the molecule is O=C(COC1CCCCC1)C1C(=O)c2ccc(S(=O)(=O)c3ccc4c(c3)C(=O)C(C(=O)COC3CCCCC3)C4=O)cc2C1=O. The van der Waals surface area contributed by atoms with E-state index in [0.29, 0.717) is 0 Å². The summed E-state index contributed by atoms with van der Waals surface area (Å²) < 4.78 is 38.6. The molecular weight excluding hydrogens is 600 g/mol. The Morgan fingerprint density at radius 3 is 1.29 bits per heavy atom. The number of hydrogen-bond acceptors (Lipinski definition) is 10. The van der Waals surface area contributed by atoms with E-state index in [2.05, 4.69) is 0 Å². The summed E-state index contributed by atoms with van der Waals surface area (Å²) in [6, 6.07) is 6.88. The number of benzene rings is 2. The van der Waals surface area contributed by atoms with Gasteiger partial charge < -0.3 is 9.47 Å². The average molecular weight is 635 g/mol. The van der Waals surface area contributed by atoms with Crippen LogP contribution in [0, 0.1) is 11.8 Å². The molecule has 45 heavy (non-hydrogen) atoms. The van der Waals surface area contributed by atoms with E-state index in [1.165, 1.54) is 24.3 Å². The van der Waals surface area contributed by atoms with E-state index in [9.17, 15) is 37.2 Å². The van der Waals surface area contributed by atoms with Crippen LogP contribution in [0.3, 0.4) is 0 Å². The molecule has 2 atom stereocenters. The lowest BCUT2D eigenvalue weighted by atomic mass is 9.97. The number of ketones is 6. The number of Topliss-reactive ketones (excluding diaryl/α,β-unsaturated/α-hetero) is 6. The minimum atomic E-state index is -4.34. The molecule has 4 aliphatic rings. The van der Waals surface area contributed by atoms with E-state index in [0.717, 1.165) is 76.3 Å². The van der Waals surface area contributed by atoms with Gasteiger partial charge in [-0.05, 0) is 62.1 Å². The number of sulfone groups is 1. The highest BCUT2D eigenvalue weighted by Crippen LogP contribution is 2.35. The van der Waals surface area contributed by atoms with Gasteiger partial charge >= 0.3 is 0 Å². The Morgan fingerprint density at radius 2 is 0.911 bits per heavy atom. The van der Waals surface area contributed by atoms with Gasteiger partial charge in [-0.1, -0.05) is 38.5 Å². The summed E-state index contributed by atoms with van der Waals surface area (Å²) in [5.41, 5.74) is -0.427. The lowest BCUT2D eigenvalue weighted by Gasteiger charge is -2.21. The Labute approximate surface area is 260 Å². The quantitative estimate of drug-likeness (QED) is 0.345. The third kappa shape index (κ3) is 5.89. The van der Waals surface area contributed by atoms with Gasteiger partial charge in [0.05, 0.1) is 22.0 Å². The Morgan fingerprint density at radius 1 is 0.556 bits per heavy atom. The Hall–Kier alpha value is -3.67. The number of hydrogen-bond donors (Lipinski definition) is 0. The van der Waals surface area contributed by atoms with E-state index in [4.69, 9.17) is 9.47 Å². The Bertz CT molecular complexity index is 1590. The molecule has 2 aromatic rings. The second-order valence-corrected chi connectivity index (χ2v) is 14.3. The van der Waals surface area contributed by atoms with E-state index in [1.54, 1.807) is 0 Å². The van der Waals surface area contributed by atoms with Gasteiger partial charge in [0, 0.05) is 22.3 Å². The lowest BCUT2D eigenvalue weighted by Crippen LogP contribution is -2.31. The van der Waals surface area contributed by atoms with Gasteiger partial charge in [-0.2, -0.15) is 0 Å². The second kappa shape index (κ2) is 12.6. The van der Waals surface area contributed by atoms with Gasteiger partial charge in [-0.25, -0.2) is 8.42 Å². The molecule has 0 bridgehead atoms. The topological polar surface area (TPSA) is 155 Å². The minimum absolute atomic E-state index is 0.0403. The molecule has 236 valence electrons. The van der Waals surface area contributed by atoms with E-state index >= 15 is 0 Å². The molecule has 0 spiro atoms. The molecule has 2 aromatic carbocycles. The smallest absolute Gasteiger partial charge is 0.206 e. The molecule has 0 radical (unpaired) electrons. The van der Waals surface area contributed by atoms with E-state index in [1.807, 2.05) is 0 Å². The van der Waals surface area contributed by atoms with Gasteiger partial charge in [0.2, 0.25) is 9.84 Å². The summed E-state index contributed by atoms with van der Waals surface area (Å²) in [6.07, 6.45) is 9.25. The third-order valence-corrected chi connectivity index (χ3v) is 11.1. The molecule has 2 unspecified atom stereocenters. The zero-order valence-corrected chi connectivity index (χ0v) is 25.6. The predicted molar refractivity (Wildman–Crippen MR) is 158 cm³/mol. The maximum Gasteiger partial charge on any atom is 0.206 e. The average Bonchev–Trinajstić information content (AvgIpc) is 3.46. The molecule has 0 aromatic heterocycles. The van der Waals surface area contributed by atoms with Crippen molar-refractivity contribution in [1.29, 1.82) is 0 Å². The standard InChI is InChI=1S/C34H34O10S/c35-27(17-43-19-7-3-1-4-8-19)29-31(37)23-13-11-21(15-25(23)33(29)39)45(41,42)22-12-14-24-26(16-22)34(40)30(32(24)38)28(36)18-44-20-9-5-2-6-10-20/h11-16,19-20,29-30H,1-10,17-18H2. The summed E-state index contributed by atoms with van der Waals surface area (Å²) in [5, 5.41) is 0. The van der Waals surface area contributed by atoms with Gasteiger partial charge in [0.25, 0.3) is 0 Å². The molecular formula is C34H34O10S. The first-order chi connectivity index (χ1) is 21.6. The van der Waals surface area contributed by atoms with Crippen LogP contribution in [-0.2, 0) is 28.9 Å². The highest BCUT2D eigenvalue weighted by molar-refractivity contribution is 7.91. The summed E-state index contributed by atoms with van der Waals surface area (Å²) in [6.45, 7) is -0.742. The highest BCUT2D eigenvalue weighted by Gasteiger charge is 2.45. The molecule has 0 saturated heterocycles. The number of carbonyl (C=O) groups excluding carboxylic acids is 6. The number of fused-ring (bicyclic) bond motifs is 2. The molecule has 11 heteroatoms. The molecule has 10 nitrogen and oxygen atoms in total. The van der Waals surface area contributed by atoms with Crippen molar-refractivity contribution in [2.24, 2.45) is 11.8 Å². The molecule has 0 amide bonds. The van der Waals surface area contributed by atoms with Crippen LogP contribution in [-0.4, -0.2) is 68.5 Å². The maximum absolute atomic E-state index is 13.6. The molecule has 2 fully saturated rings. The molecule has 2 saturated carbocycles. The molecule has 0 aliphatic heterocycles. The van der Waals surface area contributed by atoms with Crippen molar-refractivity contribution in [2.45, 2.75) is 86.2 Å². The maximum atomic E-state index is 13.6. The first-order valence-corrected chi connectivity index (χ1v) is 17.0. The van der Waals surface area contributed by atoms with Crippen LogP contribution >= 0.6 is 0 Å². The van der Waals surface area contributed by atoms with Crippen LogP contribution < -0.4 is 0 Å². The van der Waals surface area contributed by atoms with Crippen LogP contribution in [0.2, 0.25) is 0 Å². The number of carbonyl (C=O) groups is 6. The molecule has 0 heterocycles. The number of rotatable bonds is 10. The van der Waals surface area contributed by atoms with Gasteiger partial charge in [-0.3, -0.25) is 28.8 Å². The third-order valence-electron chi connectivity index (χ3n) is 9.38. The van der Waals surface area contributed by atoms with Crippen LogP contribution in [0.5, 0.6) is 0 Å². The van der Waals surface area contributed by atoms with E-state index < -0.39 is 56.4 Å². The van der Waals surface area contributed by atoms with Crippen LogP contribution in [0.15, 0.2) is 46.2 Å². The van der Waals surface area contributed by atoms with Crippen molar-refractivity contribution in [2.75, 3.05) is 13.2 Å². The van der Waals surface area contributed by atoms with Crippen LogP contribution in [0.1, 0.15) is 106 Å². The van der Waals surface area contributed by atoms with Gasteiger partial charge in [-0.15, -0.1) is 0 Å². The summed E-state index contributed by atoms with van der Waals surface area (Å²) in [5.74, 6) is -7.44. The summed E-state index contributed by atoms with van der Waals surface area (Å²) in [7, 11) is -4.34. The zero-order chi connectivity index (χ0) is 31.9. The summed E-state index contributed by atoms with van der Waals surface area (Å²) >= 11 is 0. The van der Waals surface area contributed by atoms with Gasteiger partial charge in [0.1, 0.15) is 25.0 Å².